The lowest BCUT2D eigenvalue weighted by Crippen LogP contribution is -1.97. The molecule has 0 atom stereocenters. The quantitative estimate of drug-likeness (QED) is 0.772. The molecule has 96 valence electrons. The molecule has 0 aliphatic carbocycles. The predicted molar refractivity (Wildman–Crippen MR) is 82.5 cm³/mol. The molecule has 3 rings (SSSR count). The van der Waals surface area contributed by atoms with E-state index in [1.165, 1.54) is 11.6 Å². The first-order chi connectivity index (χ1) is 9.33. The molecule has 0 saturated carbocycles. The summed E-state index contributed by atoms with van der Waals surface area (Å²) in [6.07, 6.45) is 0. The second-order valence-corrected chi connectivity index (χ2v) is 6.36. The van der Waals surface area contributed by atoms with Crippen molar-refractivity contribution < 1.29 is 4.39 Å². The molecule has 2 aromatic rings. The van der Waals surface area contributed by atoms with Crippen LogP contribution in [0.15, 0.2) is 53.5 Å². The molecule has 1 aliphatic heterocycles. The number of nitrogens with zero attached hydrogens (tertiary/aromatic N) is 1. The van der Waals surface area contributed by atoms with Crippen LogP contribution in [0.4, 0.5) is 10.1 Å². The van der Waals surface area contributed by atoms with Gasteiger partial charge in [0.1, 0.15) is 10.2 Å². The Morgan fingerprint density at radius 1 is 1.11 bits per heavy atom. The van der Waals surface area contributed by atoms with Gasteiger partial charge in [-0.05, 0) is 23.3 Å². The number of hydrogen-bond donors (Lipinski definition) is 0. The van der Waals surface area contributed by atoms with Gasteiger partial charge in [0, 0.05) is 11.5 Å². The van der Waals surface area contributed by atoms with Crippen molar-refractivity contribution in [1.82, 2.24) is 0 Å². The third-order valence-electron chi connectivity index (χ3n) is 2.86. The molecule has 0 radical (unpaired) electrons. The van der Waals surface area contributed by atoms with E-state index in [4.69, 9.17) is 0 Å². The third kappa shape index (κ3) is 3.01. The lowest BCUT2D eigenvalue weighted by molar-refractivity contribution is 0.617. The highest BCUT2D eigenvalue weighted by molar-refractivity contribution is 8.38. The molecule has 0 fully saturated rings. The second kappa shape index (κ2) is 5.80. The Labute approximate surface area is 120 Å². The lowest BCUT2D eigenvalue weighted by Gasteiger charge is -2.14. The van der Waals surface area contributed by atoms with Gasteiger partial charge in [0.05, 0.1) is 5.69 Å². The summed E-state index contributed by atoms with van der Waals surface area (Å²) >= 11 is 3.32. The normalized spacial score (nSPS) is 13.8. The first-order valence-corrected chi connectivity index (χ1v) is 7.95. The number of hydrogen-bond acceptors (Lipinski definition) is 3. The van der Waals surface area contributed by atoms with E-state index in [2.05, 4.69) is 11.1 Å². The molecule has 4 heteroatoms. The van der Waals surface area contributed by atoms with Crippen LogP contribution in [0.3, 0.4) is 0 Å². The van der Waals surface area contributed by atoms with E-state index in [-0.39, 0.29) is 5.82 Å². The summed E-state index contributed by atoms with van der Waals surface area (Å²) in [5.41, 5.74) is 3.04. The fourth-order valence-corrected chi connectivity index (χ4v) is 3.89. The fourth-order valence-electron chi connectivity index (χ4n) is 1.84. The van der Waals surface area contributed by atoms with Crippen LogP contribution in [0.5, 0.6) is 0 Å². The van der Waals surface area contributed by atoms with Gasteiger partial charge in [-0.15, -0.1) is 0 Å². The Morgan fingerprint density at radius 2 is 1.89 bits per heavy atom. The van der Waals surface area contributed by atoms with Gasteiger partial charge in [-0.2, -0.15) is 0 Å². The molecule has 19 heavy (non-hydrogen) atoms. The fraction of sp³-hybridized carbons (Fsp3) is 0.133. The maximum Gasteiger partial charge on any atom is 0.131 e. The summed E-state index contributed by atoms with van der Waals surface area (Å²) in [5.74, 6) is 1.43. The van der Waals surface area contributed by atoms with E-state index in [1.54, 1.807) is 29.6 Å². The lowest BCUT2D eigenvalue weighted by atomic mass is 10.2. The number of aliphatic imine (C=N–C) groups is 1. The van der Waals surface area contributed by atoms with E-state index in [0.717, 1.165) is 21.4 Å². The minimum atomic E-state index is -0.142. The van der Waals surface area contributed by atoms with E-state index in [0.29, 0.717) is 5.75 Å². The first-order valence-electron chi connectivity index (χ1n) is 5.98. The Kier molecular flexibility index (Phi) is 3.89. The second-order valence-electron chi connectivity index (χ2n) is 4.18. The number of benzene rings is 2. The van der Waals surface area contributed by atoms with Crippen LogP contribution < -0.4 is 0 Å². The molecular formula is C15H12FNS2. The SMILES string of the molecule is Fc1ccccc1CSC1=Nc2ccccc2CS1. The highest BCUT2D eigenvalue weighted by Gasteiger charge is 2.13. The smallest absolute Gasteiger partial charge is 0.131 e. The topological polar surface area (TPSA) is 12.4 Å². The molecule has 0 bridgehead atoms. The third-order valence-corrected chi connectivity index (χ3v) is 5.16. The average Bonchev–Trinajstić information content (AvgIpc) is 2.46. The molecule has 0 spiro atoms. The van der Waals surface area contributed by atoms with Crippen molar-refractivity contribution in [2.75, 3.05) is 0 Å². The van der Waals surface area contributed by atoms with Crippen LogP contribution in [0.25, 0.3) is 0 Å². The molecule has 2 aromatic carbocycles. The van der Waals surface area contributed by atoms with Crippen LogP contribution in [0.2, 0.25) is 0 Å². The molecule has 0 N–H and O–H groups in total. The van der Waals surface area contributed by atoms with E-state index in [1.807, 2.05) is 30.3 Å². The van der Waals surface area contributed by atoms with Crippen molar-refractivity contribution >= 4 is 33.6 Å². The summed E-state index contributed by atoms with van der Waals surface area (Å²) in [6.45, 7) is 0. The molecule has 0 saturated heterocycles. The van der Waals surface area contributed by atoms with Gasteiger partial charge in [-0.3, -0.25) is 0 Å². The van der Waals surface area contributed by atoms with Gasteiger partial charge in [0.15, 0.2) is 0 Å². The van der Waals surface area contributed by atoms with Crippen LogP contribution in [0.1, 0.15) is 11.1 Å². The molecule has 0 unspecified atom stereocenters. The summed E-state index contributed by atoms with van der Waals surface area (Å²) in [7, 11) is 0. The van der Waals surface area contributed by atoms with Crippen molar-refractivity contribution in [3.05, 3.63) is 65.5 Å². The van der Waals surface area contributed by atoms with Crippen LogP contribution in [-0.2, 0) is 11.5 Å². The maximum atomic E-state index is 13.5. The highest BCUT2D eigenvalue weighted by atomic mass is 32.2. The van der Waals surface area contributed by atoms with Gasteiger partial charge in [-0.1, -0.05) is 59.9 Å². The first kappa shape index (κ1) is 12.8. The van der Waals surface area contributed by atoms with E-state index >= 15 is 0 Å². The number of thioether (sulfide) groups is 2. The van der Waals surface area contributed by atoms with Gasteiger partial charge >= 0.3 is 0 Å². The van der Waals surface area contributed by atoms with Gasteiger partial charge in [0.2, 0.25) is 0 Å². The van der Waals surface area contributed by atoms with Crippen molar-refractivity contribution in [3.8, 4) is 0 Å². The summed E-state index contributed by atoms with van der Waals surface area (Å²) in [4.78, 5) is 4.61. The largest absolute Gasteiger partial charge is 0.235 e. The van der Waals surface area contributed by atoms with Gasteiger partial charge in [0.25, 0.3) is 0 Å². The van der Waals surface area contributed by atoms with Gasteiger partial charge in [-0.25, -0.2) is 9.38 Å². The minimum absolute atomic E-state index is 0.142. The van der Waals surface area contributed by atoms with Crippen LogP contribution >= 0.6 is 23.5 Å². The van der Waals surface area contributed by atoms with Crippen molar-refractivity contribution in [2.45, 2.75) is 11.5 Å². The number of rotatable bonds is 2. The zero-order valence-electron chi connectivity index (χ0n) is 10.2. The molecule has 1 heterocycles. The highest BCUT2D eigenvalue weighted by Crippen LogP contribution is 2.35. The Balaban J connectivity index is 1.72. The monoisotopic (exact) mass is 289 g/mol. The number of halogens is 1. The standard InChI is InChI=1S/C15H12FNS2/c16-13-7-3-1-5-11(13)9-18-15-17-14-8-4-2-6-12(14)10-19-15/h1-8H,9-10H2. The van der Waals surface area contributed by atoms with E-state index < -0.39 is 0 Å². The van der Waals surface area contributed by atoms with Crippen molar-refractivity contribution in [2.24, 2.45) is 4.99 Å². The van der Waals surface area contributed by atoms with Crippen molar-refractivity contribution in [1.29, 1.82) is 0 Å². The molecule has 1 aliphatic rings. The molecule has 1 nitrogen and oxygen atoms in total. The Bertz CT molecular complexity index is 625. The number of fused-ring (bicyclic) bond motifs is 1. The zero-order valence-corrected chi connectivity index (χ0v) is 11.8. The Morgan fingerprint density at radius 3 is 2.79 bits per heavy atom. The van der Waals surface area contributed by atoms with Crippen molar-refractivity contribution in [3.63, 3.8) is 0 Å². The average molecular weight is 289 g/mol. The molecule has 0 aromatic heterocycles. The van der Waals surface area contributed by atoms with Gasteiger partial charge < -0.3 is 0 Å². The molecular weight excluding hydrogens is 277 g/mol. The predicted octanol–water partition coefficient (Wildman–Crippen LogP) is 4.99. The summed E-state index contributed by atoms with van der Waals surface area (Å²) in [6, 6.07) is 15.1. The minimum Gasteiger partial charge on any atom is -0.235 e. The van der Waals surface area contributed by atoms with E-state index in [9.17, 15) is 4.39 Å². The Hall–Kier alpha value is -1.26. The summed E-state index contributed by atoms with van der Waals surface area (Å²) < 4.78 is 14.5. The van der Waals surface area contributed by atoms with Crippen LogP contribution in [0, 0.1) is 5.82 Å². The maximum absolute atomic E-state index is 13.5. The zero-order chi connectivity index (χ0) is 13.1. The summed E-state index contributed by atoms with van der Waals surface area (Å²) in [5, 5.41) is 0. The number of para-hydroxylation sites is 1. The molecule has 0 amide bonds. The van der Waals surface area contributed by atoms with Crippen LogP contribution in [-0.4, -0.2) is 4.38 Å².